The van der Waals surface area contributed by atoms with Crippen LogP contribution in [0.2, 0.25) is 0 Å². The third-order valence-corrected chi connectivity index (χ3v) is 5.66. The summed E-state index contributed by atoms with van der Waals surface area (Å²) in [7, 11) is 1.48. The molecular weight excluding hydrogens is 357 g/mol. The molecule has 2 heterocycles. The van der Waals surface area contributed by atoms with E-state index >= 15 is 0 Å². The molecule has 122 valence electrons. The lowest BCUT2D eigenvalue weighted by Crippen LogP contribution is -2.29. The summed E-state index contributed by atoms with van der Waals surface area (Å²) in [6.07, 6.45) is 1.44. The minimum atomic E-state index is -0.437. The van der Waals surface area contributed by atoms with E-state index in [1.54, 1.807) is 24.3 Å². The van der Waals surface area contributed by atoms with E-state index in [9.17, 15) is 9.18 Å². The van der Waals surface area contributed by atoms with Crippen molar-refractivity contribution in [3.05, 3.63) is 66.6 Å². The zero-order chi connectivity index (χ0) is 18.0. The van der Waals surface area contributed by atoms with Crippen LogP contribution in [-0.4, -0.2) is 4.57 Å². The van der Waals surface area contributed by atoms with Gasteiger partial charge in [0.1, 0.15) is 22.6 Å². The number of hydrogen-bond acceptors (Lipinski definition) is 5. The smallest absolute Gasteiger partial charge is 0.268 e. The van der Waals surface area contributed by atoms with Crippen LogP contribution in [0, 0.1) is 28.5 Å². The second kappa shape index (κ2) is 6.86. The number of thiazole rings is 1. The van der Waals surface area contributed by atoms with Crippen LogP contribution in [0.1, 0.15) is 5.56 Å². The van der Waals surface area contributed by atoms with E-state index < -0.39 is 5.82 Å². The van der Waals surface area contributed by atoms with Crippen molar-refractivity contribution < 1.29 is 4.39 Å². The van der Waals surface area contributed by atoms with Crippen molar-refractivity contribution in [1.29, 1.82) is 10.5 Å². The Morgan fingerprint density at radius 3 is 2.64 bits per heavy atom. The predicted octanol–water partition coefficient (Wildman–Crippen LogP) is 2.34. The third kappa shape index (κ3) is 3.16. The van der Waals surface area contributed by atoms with Crippen LogP contribution in [0.15, 0.2) is 40.5 Å². The first-order chi connectivity index (χ1) is 12.0. The van der Waals surface area contributed by atoms with Gasteiger partial charge in [0.05, 0.1) is 4.53 Å². The highest BCUT2D eigenvalue weighted by Gasteiger charge is 2.08. The molecule has 1 aromatic carbocycles. The van der Waals surface area contributed by atoms with Gasteiger partial charge in [-0.1, -0.05) is 18.2 Å². The van der Waals surface area contributed by atoms with Gasteiger partial charge in [-0.15, -0.1) is 22.7 Å². The number of nitrogens with zero attached hydrogens (tertiary/aromatic N) is 3. The average Bonchev–Trinajstić information content (AvgIpc) is 3.23. The maximum Gasteiger partial charge on any atom is 0.268 e. The molecule has 4 nitrogen and oxygen atoms in total. The maximum atomic E-state index is 14.4. The van der Waals surface area contributed by atoms with Crippen molar-refractivity contribution in [2.75, 3.05) is 0 Å². The molecule has 3 rings (SSSR count). The molecule has 0 bridgehead atoms. The van der Waals surface area contributed by atoms with Gasteiger partial charge < -0.3 is 4.57 Å². The Morgan fingerprint density at radius 1 is 1.28 bits per heavy atom. The molecular formula is C18H10FN3OS2. The average molecular weight is 367 g/mol. The SMILES string of the molecule is Cn1c(=C(C#N)C#N)sc(=Cc2ccc(-c3cccs3)cc2F)c1=O. The van der Waals surface area contributed by atoms with E-state index in [4.69, 9.17) is 10.5 Å². The Labute approximate surface area is 150 Å². The van der Waals surface area contributed by atoms with Gasteiger partial charge in [-0.25, -0.2) is 4.39 Å². The highest BCUT2D eigenvalue weighted by atomic mass is 32.1. The minimum absolute atomic E-state index is 0.141. The fourth-order valence-electron chi connectivity index (χ4n) is 2.29. The largest absolute Gasteiger partial charge is 0.300 e. The first-order valence-corrected chi connectivity index (χ1v) is 8.80. The number of nitriles is 2. The van der Waals surface area contributed by atoms with Gasteiger partial charge in [0, 0.05) is 17.5 Å². The van der Waals surface area contributed by atoms with Gasteiger partial charge in [0.25, 0.3) is 5.56 Å². The van der Waals surface area contributed by atoms with Gasteiger partial charge in [-0.3, -0.25) is 4.79 Å². The number of halogens is 1. The number of hydrogen-bond donors (Lipinski definition) is 0. The van der Waals surface area contributed by atoms with Crippen molar-refractivity contribution in [2.45, 2.75) is 0 Å². The van der Waals surface area contributed by atoms with Crippen molar-refractivity contribution in [1.82, 2.24) is 4.57 Å². The molecule has 0 amide bonds. The molecule has 0 aliphatic heterocycles. The number of aromatic nitrogens is 1. The second-order valence-corrected chi connectivity index (χ2v) is 7.07. The Bertz CT molecular complexity index is 1190. The van der Waals surface area contributed by atoms with E-state index in [-0.39, 0.29) is 25.9 Å². The molecule has 0 unspecified atom stereocenters. The molecule has 0 saturated carbocycles. The monoisotopic (exact) mass is 367 g/mol. The molecule has 7 heteroatoms. The van der Waals surface area contributed by atoms with Crippen molar-refractivity contribution in [3.8, 4) is 22.6 Å². The Morgan fingerprint density at radius 2 is 2.04 bits per heavy atom. The van der Waals surface area contributed by atoms with Crippen LogP contribution < -0.4 is 14.8 Å². The van der Waals surface area contributed by atoms with Gasteiger partial charge in [0.15, 0.2) is 5.57 Å². The summed E-state index contributed by atoms with van der Waals surface area (Å²) in [6, 6.07) is 12.2. The third-order valence-electron chi connectivity index (χ3n) is 3.56. The Hall–Kier alpha value is -3.00. The second-order valence-electron chi connectivity index (χ2n) is 5.09. The van der Waals surface area contributed by atoms with Crippen LogP contribution in [-0.2, 0) is 7.05 Å². The van der Waals surface area contributed by atoms with E-state index in [1.807, 2.05) is 17.5 Å². The fraction of sp³-hybridized carbons (Fsp3) is 0.0556. The molecule has 3 aromatic rings. The van der Waals surface area contributed by atoms with Crippen LogP contribution in [0.5, 0.6) is 0 Å². The lowest BCUT2D eigenvalue weighted by molar-refractivity contribution is 0.625. The maximum absolute atomic E-state index is 14.4. The van der Waals surface area contributed by atoms with E-state index in [0.29, 0.717) is 0 Å². The summed E-state index contributed by atoms with van der Waals surface area (Å²) in [5, 5.41) is 19.9. The first kappa shape index (κ1) is 16.8. The van der Waals surface area contributed by atoms with Crippen LogP contribution in [0.3, 0.4) is 0 Å². The summed E-state index contributed by atoms with van der Waals surface area (Å²) in [5.74, 6) is -0.437. The number of thiophene rings is 1. The van der Waals surface area contributed by atoms with Gasteiger partial charge >= 0.3 is 0 Å². The van der Waals surface area contributed by atoms with Crippen LogP contribution >= 0.6 is 22.7 Å². The molecule has 2 aromatic heterocycles. The Kier molecular flexibility index (Phi) is 4.62. The molecule has 0 aliphatic rings. The minimum Gasteiger partial charge on any atom is -0.300 e. The van der Waals surface area contributed by atoms with Crippen molar-refractivity contribution >= 4 is 34.3 Å². The van der Waals surface area contributed by atoms with E-state index in [1.165, 1.54) is 35.1 Å². The lowest BCUT2D eigenvalue weighted by atomic mass is 10.1. The molecule has 0 saturated heterocycles. The molecule has 25 heavy (non-hydrogen) atoms. The lowest BCUT2D eigenvalue weighted by Gasteiger charge is -2.00. The standard InChI is InChI=1S/C18H10FN3OS2/c1-22-17(23)16(25-18(22)13(9-20)10-21)8-11-4-5-12(7-14(11)19)15-3-2-6-24-15/h2-8H,1H3. The van der Waals surface area contributed by atoms with Gasteiger partial charge in [-0.05, 0) is 29.2 Å². The normalized spacial score (nSPS) is 11.1. The zero-order valence-corrected chi connectivity index (χ0v) is 14.6. The van der Waals surface area contributed by atoms with Crippen LogP contribution in [0.25, 0.3) is 22.1 Å². The van der Waals surface area contributed by atoms with Gasteiger partial charge in [-0.2, -0.15) is 10.5 Å². The van der Waals surface area contributed by atoms with E-state index in [0.717, 1.165) is 21.8 Å². The summed E-state index contributed by atoms with van der Waals surface area (Å²) < 4.78 is 16.2. The summed E-state index contributed by atoms with van der Waals surface area (Å²) in [6.45, 7) is 0. The number of benzene rings is 1. The summed E-state index contributed by atoms with van der Waals surface area (Å²) >= 11 is 2.52. The van der Waals surface area contributed by atoms with E-state index in [2.05, 4.69) is 0 Å². The molecule has 0 fully saturated rings. The van der Waals surface area contributed by atoms with Gasteiger partial charge in [0.2, 0.25) is 0 Å². The predicted molar refractivity (Wildman–Crippen MR) is 96.7 cm³/mol. The summed E-state index contributed by atoms with van der Waals surface area (Å²) in [4.78, 5) is 13.2. The topological polar surface area (TPSA) is 69.6 Å². The summed E-state index contributed by atoms with van der Waals surface area (Å²) in [5.41, 5.74) is 0.540. The van der Waals surface area contributed by atoms with Crippen molar-refractivity contribution in [2.24, 2.45) is 7.05 Å². The molecule has 0 radical (unpaired) electrons. The van der Waals surface area contributed by atoms with Crippen molar-refractivity contribution in [3.63, 3.8) is 0 Å². The fourth-order valence-corrected chi connectivity index (χ4v) is 4.04. The molecule has 0 N–H and O–H groups in total. The first-order valence-electron chi connectivity index (χ1n) is 7.10. The zero-order valence-electron chi connectivity index (χ0n) is 13.0. The Balaban J connectivity index is 2.16. The number of rotatable bonds is 2. The van der Waals surface area contributed by atoms with Crippen LogP contribution in [0.4, 0.5) is 4.39 Å². The highest BCUT2D eigenvalue weighted by molar-refractivity contribution is 7.13. The molecule has 0 spiro atoms. The quantitative estimate of drug-likeness (QED) is 0.698. The highest BCUT2D eigenvalue weighted by Crippen LogP contribution is 2.26. The molecule has 0 atom stereocenters. The molecule has 0 aliphatic carbocycles.